The van der Waals surface area contributed by atoms with Gasteiger partial charge in [-0.3, -0.25) is 10.1 Å². The molecule has 2 rings (SSSR count). The summed E-state index contributed by atoms with van der Waals surface area (Å²) in [7, 11) is 0. The molecule has 2 heterocycles. The molecule has 0 aromatic carbocycles. The van der Waals surface area contributed by atoms with Gasteiger partial charge in [-0.2, -0.15) is 0 Å². The molecule has 1 amide bonds. The minimum atomic E-state index is -0.267. The molecule has 0 radical (unpaired) electrons. The minimum Gasteiger partial charge on any atom is -0.369 e. The van der Waals surface area contributed by atoms with Crippen LogP contribution in [-0.4, -0.2) is 22.4 Å². The summed E-state index contributed by atoms with van der Waals surface area (Å²) >= 11 is 7.51. The Balaban J connectivity index is 2.15. The number of halogens is 1. The molecule has 5 nitrogen and oxygen atoms in total. The van der Waals surface area contributed by atoms with E-state index in [2.05, 4.69) is 20.6 Å². The highest BCUT2D eigenvalue weighted by atomic mass is 35.5. The molecule has 0 unspecified atom stereocenters. The van der Waals surface area contributed by atoms with Crippen LogP contribution in [0.5, 0.6) is 0 Å². The van der Waals surface area contributed by atoms with Crippen molar-refractivity contribution in [2.24, 2.45) is 0 Å². The number of nitrogens with zero attached hydrogens (tertiary/aromatic N) is 2. The molecule has 0 aliphatic heterocycles. The summed E-state index contributed by atoms with van der Waals surface area (Å²) in [5, 5.41) is 6.77. The second kappa shape index (κ2) is 6.19. The third-order valence-electron chi connectivity index (χ3n) is 2.70. The van der Waals surface area contributed by atoms with E-state index in [0.717, 1.165) is 17.1 Å². The van der Waals surface area contributed by atoms with Crippen molar-refractivity contribution in [3.63, 3.8) is 0 Å². The summed E-state index contributed by atoms with van der Waals surface area (Å²) < 4.78 is 0. The first kappa shape index (κ1) is 14.7. The van der Waals surface area contributed by atoms with Crippen molar-refractivity contribution in [1.82, 2.24) is 9.97 Å². The van der Waals surface area contributed by atoms with Crippen LogP contribution in [0.4, 0.5) is 10.9 Å². The Morgan fingerprint density at radius 1 is 1.45 bits per heavy atom. The number of rotatable bonds is 4. The molecule has 0 spiro atoms. The normalized spacial score (nSPS) is 10.4. The molecule has 7 heteroatoms. The third-order valence-corrected chi connectivity index (χ3v) is 3.97. The largest absolute Gasteiger partial charge is 0.369 e. The summed E-state index contributed by atoms with van der Waals surface area (Å²) in [6.45, 7) is 6.54. The number of anilines is 2. The number of carbonyl (C=O) groups is 1. The van der Waals surface area contributed by atoms with Crippen LogP contribution in [0.3, 0.4) is 0 Å². The van der Waals surface area contributed by atoms with E-state index in [0.29, 0.717) is 21.5 Å². The molecule has 0 fully saturated rings. The fourth-order valence-corrected chi connectivity index (χ4v) is 2.60. The summed E-state index contributed by atoms with van der Waals surface area (Å²) in [5.74, 6) is 0.308. The lowest BCUT2D eigenvalue weighted by Crippen LogP contribution is -2.12. The lowest BCUT2D eigenvalue weighted by atomic mass is 10.2. The summed E-state index contributed by atoms with van der Waals surface area (Å²) in [6.07, 6.45) is 1.49. The van der Waals surface area contributed by atoms with Gasteiger partial charge < -0.3 is 5.32 Å². The van der Waals surface area contributed by atoms with Crippen LogP contribution >= 0.6 is 22.9 Å². The van der Waals surface area contributed by atoms with Gasteiger partial charge in [0.1, 0.15) is 5.82 Å². The molecular weight excluding hydrogens is 296 g/mol. The predicted octanol–water partition coefficient (Wildman–Crippen LogP) is 3.49. The van der Waals surface area contributed by atoms with Crippen molar-refractivity contribution in [2.75, 3.05) is 17.2 Å². The Hall–Kier alpha value is -1.66. The molecule has 2 N–H and O–H groups in total. The number of aryl methyl sites for hydroxylation is 2. The summed E-state index contributed by atoms with van der Waals surface area (Å²) in [4.78, 5) is 21.6. The van der Waals surface area contributed by atoms with Crippen molar-refractivity contribution < 1.29 is 4.79 Å². The maximum absolute atomic E-state index is 12.1. The molecular formula is C13H15ClN4OS. The highest BCUT2D eigenvalue weighted by Gasteiger charge is 2.12. The minimum absolute atomic E-state index is 0.267. The quantitative estimate of drug-likeness (QED) is 0.907. The molecule has 20 heavy (non-hydrogen) atoms. The van der Waals surface area contributed by atoms with Crippen LogP contribution in [0, 0.1) is 13.8 Å². The van der Waals surface area contributed by atoms with Crippen LogP contribution in [0.25, 0.3) is 0 Å². The van der Waals surface area contributed by atoms with Gasteiger partial charge in [0, 0.05) is 17.6 Å². The number of nitrogens with one attached hydrogen (secondary N) is 2. The second-order valence-corrected chi connectivity index (χ2v) is 5.81. The molecule has 0 aliphatic carbocycles. The zero-order valence-corrected chi connectivity index (χ0v) is 13.0. The lowest BCUT2D eigenvalue weighted by Gasteiger charge is -2.06. The van der Waals surface area contributed by atoms with Crippen molar-refractivity contribution >= 4 is 39.8 Å². The van der Waals surface area contributed by atoms with E-state index in [-0.39, 0.29) is 5.91 Å². The Labute approximate surface area is 126 Å². The maximum Gasteiger partial charge on any atom is 0.259 e. The van der Waals surface area contributed by atoms with E-state index < -0.39 is 0 Å². The Morgan fingerprint density at radius 2 is 2.20 bits per heavy atom. The predicted molar refractivity (Wildman–Crippen MR) is 83.0 cm³/mol. The summed E-state index contributed by atoms with van der Waals surface area (Å²) in [5.41, 5.74) is 1.33. The number of thiazole rings is 1. The van der Waals surface area contributed by atoms with Gasteiger partial charge in [-0.1, -0.05) is 11.6 Å². The first-order chi connectivity index (χ1) is 9.51. The van der Waals surface area contributed by atoms with E-state index >= 15 is 0 Å². The Bertz CT molecular complexity index is 622. The van der Waals surface area contributed by atoms with Gasteiger partial charge in [-0.05, 0) is 26.8 Å². The van der Waals surface area contributed by atoms with Crippen LogP contribution in [-0.2, 0) is 0 Å². The first-order valence-electron chi connectivity index (χ1n) is 6.16. The molecule has 0 saturated heterocycles. The first-order valence-corrected chi connectivity index (χ1v) is 7.35. The van der Waals surface area contributed by atoms with Crippen molar-refractivity contribution in [3.05, 3.63) is 33.4 Å². The van der Waals surface area contributed by atoms with Gasteiger partial charge in [0.15, 0.2) is 5.13 Å². The van der Waals surface area contributed by atoms with Crippen molar-refractivity contribution in [3.8, 4) is 0 Å². The van der Waals surface area contributed by atoms with E-state index in [9.17, 15) is 4.79 Å². The average molecular weight is 311 g/mol. The van der Waals surface area contributed by atoms with Crippen molar-refractivity contribution in [1.29, 1.82) is 0 Å². The summed E-state index contributed by atoms with van der Waals surface area (Å²) in [6, 6.07) is 1.59. The lowest BCUT2D eigenvalue weighted by molar-refractivity contribution is 0.102. The Morgan fingerprint density at radius 3 is 2.75 bits per heavy atom. The van der Waals surface area contributed by atoms with Gasteiger partial charge in [0.2, 0.25) is 0 Å². The van der Waals surface area contributed by atoms with Gasteiger partial charge in [-0.25, -0.2) is 9.97 Å². The maximum atomic E-state index is 12.1. The highest BCUT2D eigenvalue weighted by molar-refractivity contribution is 7.15. The number of carbonyl (C=O) groups excluding carboxylic acids is 1. The van der Waals surface area contributed by atoms with E-state index in [4.69, 9.17) is 11.6 Å². The number of pyridine rings is 1. The third kappa shape index (κ3) is 3.26. The highest BCUT2D eigenvalue weighted by Crippen LogP contribution is 2.23. The van der Waals surface area contributed by atoms with Gasteiger partial charge in [-0.15, -0.1) is 11.3 Å². The number of aromatic nitrogens is 2. The fourth-order valence-electron chi connectivity index (χ4n) is 1.56. The zero-order chi connectivity index (χ0) is 14.7. The Kier molecular flexibility index (Phi) is 4.57. The van der Waals surface area contributed by atoms with Crippen LogP contribution in [0.2, 0.25) is 5.02 Å². The molecule has 0 bridgehead atoms. The van der Waals surface area contributed by atoms with E-state index in [1.807, 2.05) is 20.8 Å². The molecule has 0 atom stereocenters. The topological polar surface area (TPSA) is 66.9 Å². The van der Waals surface area contributed by atoms with Crippen LogP contribution in [0.1, 0.15) is 27.9 Å². The van der Waals surface area contributed by atoms with Gasteiger partial charge in [0.05, 0.1) is 16.3 Å². The zero-order valence-electron chi connectivity index (χ0n) is 11.5. The molecule has 2 aromatic rings. The average Bonchev–Trinajstić information content (AvgIpc) is 2.71. The number of amides is 1. The standard InChI is InChI=1S/C13H15ClN4OS/c1-4-15-11-10(14)5-9(6-16-11)12(19)18-13-17-7(2)8(3)20-13/h5-6H,4H2,1-3H3,(H,15,16)(H,17,18,19). The molecule has 2 aromatic heterocycles. The number of hydrogen-bond donors (Lipinski definition) is 2. The van der Waals surface area contributed by atoms with Crippen LogP contribution < -0.4 is 10.6 Å². The molecule has 0 aliphatic rings. The van der Waals surface area contributed by atoms with Crippen LogP contribution in [0.15, 0.2) is 12.3 Å². The molecule has 0 saturated carbocycles. The SMILES string of the molecule is CCNc1ncc(C(=O)Nc2nc(C)c(C)s2)cc1Cl. The monoisotopic (exact) mass is 310 g/mol. The van der Waals surface area contributed by atoms with E-state index in [1.54, 1.807) is 6.07 Å². The number of hydrogen-bond acceptors (Lipinski definition) is 5. The smallest absolute Gasteiger partial charge is 0.259 e. The van der Waals surface area contributed by atoms with Gasteiger partial charge in [0.25, 0.3) is 5.91 Å². The fraction of sp³-hybridized carbons (Fsp3) is 0.308. The second-order valence-electron chi connectivity index (χ2n) is 4.20. The molecule has 106 valence electrons. The van der Waals surface area contributed by atoms with E-state index in [1.165, 1.54) is 17.5 Å². The van der Waals surface area contributed by atoms with Gasteiger partial charge >= 0.3 is 0 Å². The van der Waals surface area contributed by atoms with Crippen molar-refractivity contribution in [2.45, 2.75) is 20.8 Å².